The zero-order valence-corrected chi connectivity index (χ0v) is 13.4. The van der Waals surface area contributed by atoms with Crippen LogP contribution in [0.25, 0.3) is 0 Å². The van der Waals surface area contributed by atoms with Gasteiger partial charge in [0.15, 0.2) is 0 Å². The van der Waals surface area contributed by atoms with E-state index in [1.165, 1.54) is 0 Å². The van der Waals surface area contributed by atoms with E-state index in [0.29, 0.717) is 17.9 Å². The van der Waals surface area contributed by atoms with E-state index < -0.39 is 0 Å². The van der Waals surface area contributed by atoms with E-state index in [4.69, 9.17) is 5.73 Å². The molecule has 110 valence electrons. The van der Waals surface area contributed by atoms with Crippen molar-refractivity contribution in [1.29, 1.82) is 0 Å². The smallest absolute Gasteiger partial charge is 0.227 e. The molecule has 1 atom stereocenters. The van der Waals surface area contributed by atoms with Gasteiger partial charge in [-0.2, -0.15) is 0 Å². The quantitative estimate of drug-likeness (QED) is 0.867. The van der Waals surface area contributed by atoms with Crippen LogP contribution in [0.15, 0.2) is 47.1 Å². The number of halogens is 1. The number of carbonyl (C=O) groups excluding carboxylic acids is 1. The van der Waals surface area contributed by atoms with E-state index >= 15 is 0 Å². The summed E-state index contributed by atoms with van der Waals surface area (Å²) in [5.41, 5.74) is 7.33. The molecule has 0 aliphatic carbocycles. The number of aromatic nitrogens is 1. The van der Waals surface area contributed by atoms with Gasteiger partial charge in [0.1, 0.15) is 5.82 Å². The number of pyridine rings is 1. The Kier molecular flexibility index (Phi) is 5.33. The van der Waals surface area contributed by atoms with Crippen molar-refractivity contribution < 1.29 is 4.79 Å². The third-order valence-electron chi connectivity index (χ3n) is 3.34. The van der Waals surface area contributed by atoms with Gasteiger partial charge < -0.3 is 11.1 Å². The molecular weight excluding hydrogens is 330 g/mol. The van der Waals surface area contributed by atoms with Gasteiger partial charge in [-0.05, 0) is 36.6 Å². The van der Waals surface area contributed by atoms with Gasteiger partial charge in [-0.15, -0.1) is 0 Å². The number of rotatable bonds is 5. The number of nitrogens with one attached hydrogen (secondary N) is 1. The van der Waals surface area contributed by atoms with Gasteiger partial charge in [-0.3, -0.25) is 4.79 Å². The minimum atomic E-state index is -0.0822. The largest absolute Gasteiger partial charge is 0.384 e. The van der Waals surface area contributed by atoms with Crippen LogP contribution in [0.1, 0.15) is 18.9 Å². The van der Waals surface area contributed by atoms with Crippen LogP contribution in [0, 0.1) is 5.92 Å². The molecule has 1 heterocycles. The first kappa shape index (κ1) is 15.5. The third-order valence-corrected chi connectivity index (χ3v) is 4.12. The van der Waals surface area contributed by atoms with Crippen LogP contribution in [-0.4, -0.2) is 10.9 Å². The second-order valence-electron chi connectivity index (χ2n) is 4.86. The molecule has 4 nitrogen and oxygen atoms in total. The van der Waals surface area contributed by atoms with Gasteiger partial charge >= 0.3 is 0 Å². The first-order chi connectivity index (χ1) is 10.1. The molecule has 0 bridgehead atoms. The summed E-state index contributed by atoms with van der Waals surface area (Å²) < 4.78 is 1.03. The number of hydrogen-bond donors (Lipinski definition) is 2. The first-order valence-electron chi connectivity index (χ1n) is 6.86. The maximum Gasteiger partial charge on any atom is 0.227 e. The van der Waals surface area contributed by atoms with Gasteiger partial charge in [0, 0.05) is 10.4 Å². The molecule has 1 aromatic heterocycles. The summed E-state index contributed by atoms with van der Waals surface area (Å²) >= 11 is 3.52. The molecule has 0 saturated carbocycles. The summed E-state index contributed by atoms with van der Waals surface area (Å²) in [6, 6.07) is 11.4. The fraction of sp³-hybridized carbons (Fsp3) is 0.250. The number of benzene rings is 1. The van der Waals surface area contributed by atoms with E-state index in [1.807, 2.05) is 31.2 Å². The Balaban J connectivity index is 2.05. The molecule has 0 spiro atoms. The van der Waals surface area contributed by atoms with Crippen molar-refractivity contribution in [3.8, 4) is 0 Å². The maximum atomic E-state index is 12.4. The van der Waals surface area contributed by atoms with Crippen molar-refractivity contribution in [2.75, 3.05) is 11.1 Å². The van der Waals surface area contributed by atoms with E-state index in [1.54, 1.807) is 18.3 Å². The van der Waals surface area contributed by atoms with Crippen molar-refractivity contribution in [2.24, 2.45) is 5.92 Å². The summed E-state index contributed by atoms with van der Waals surface area (Å²) in [5, 5.41) is 2.89. The van der Waals surface area contributed by atoms with Crippen LogP contribution in [0.5, 0.6) is 0 Å². The number of amides is 1. The third kappa shape index (κ3) is 4.29. The molecule has 3 N–H and O–H groups in total. The highest BCUT2D eigenvalue weighted by Gasteiger charge is 2.18. The molecule has 0 fully saturated rings. The average molecular weight is 348 g/mol. The number of hydrogen-bond acceptors (Lipinski definition) is 3. The lowest BCUT2D eigenvalue weighted by atomic mass is 9.96. The number of anilines is 2. The zero-order chi connectivity index (χ0) is 15.2. The topological polar surface area (TPSA) is 68.0 Å². The molecule has 0 aliphatic heterocycles. The number of nitrogens with two attached hydrogens (primary N) is 1. The van der Waals surface area contributed by atoms with Crippen molar-refractivity contribution in [2.45, 2.75) is 19.8 Å². The Morgan fingerprint density at radius 3 is 2.71 bits per heavy atom. The summed E-state index contributed by atoms with van der Waals surface area (Å²) in [6.07, 6.45) is 3.04. The van der Waals surface area contributed by atoms with Crippen LogP contribution in [0.4, 0.5) is 11.5 Å². The second-order valence-corrected chi connectivity index (χ2v) is 5.72. The van der Waals surface area contributed by atoms with Crippen LogP contribution in [0.3, 0.4) is 0 Å². The van der Waals surface area contributed by atoms with Crippen molar-refractivity contribution in [3.63, 3.8) is 0 Å². The van der Waals surface area contributed by atoms with Crippen LogP contribution in [0.2, 0.25) is 0 Å². The maximum absolute atomic E-state index is 12.4. The summed E-state index contributed by atoms with van der Waals surface area (Å²) in [7, 11) is 0. The normalized spacial score (nSPS) is 11.9. The van der Waals surface area contributed by atoms with Gasteiger partial charge in [-0.1, -0.05) is 41.1 Å². The highest BCUT2D eigenvalue weighted by atomic mass is 79.9. The molecule has 2 rings (SSSR count). The SMILES string of the molecule is CCC(Cc1ccccc1Br)C(=O)Nc1ccc(N)nc1. The number of carbonyl (C=O) groups is 1. The summed E-state index contributed by atoms with van der Waals surface area (Å²) in [6.45, 7) is 2.02. The second kappa shape index (κ2) is 7.22. The number of nitrogen functional groups attached to an aromatic ring is 1. The van der Waals surface area contributed by atoms with Gasteiger partial charge in [0.25, 0.3) is 0 Å². The fourth-order valence-electron chi connectivity index (χ4n) is 2.08. The Bertz CT molecular complexity index is 613. The predicted molar refractivity (Wildman–Crippen MR) is 88.9 cm³/mol. The van der Waals surface area contributed by atoms with E-state index in [-0.39, 0.29) is 11.8 Å². The lowest BCUT2D eigenvalue weighted by Crippen LogP contribution is -2.24. The molecule has 1 aromatic carbocycles. The van der Waals surface area contributed by atoms with Crippen LogP contribution >= 0.6 is 15.9 Å². The predicted octanol–water partition coefficient (Wildman–Crippen LogP) is 3.63. The van der Waals surface area contributed by atoms with Gasteiger partial charge in [0.05, 0.1) is 11.9 Å². The zero-order valence-electron chi connectivity index (χ0n) is 11.8. The first-order valence-corrected chi connectivity index (χ1v) is 7.65. The van der Waals surface area contributed by atoms with Crippen molar-refractivity contribution in [3.05, 3.63) is 52.6 Å². The highest BCUT2D eigenvalue weighted by molar-refractivity contribution is 9.10. The van der Waals surface area contributed by atoms with E-state index in [9.17, 15) is 4.79 Å². The van der Waals surface area contributed by atoms with Crippen LogP contribution in [-0.2, 0) is 11.2 Å². The molecule has 1 unspecified atom stereocenters. The molecule has 1 amide bonds. The fourth-order valence-corrected chi connectivity index (χ4v) is 2.52. The van der Waals surface area contributed by atoms with E-state index in [2.05, 4.69) is 26.2 Å². The van der Waals surface area contributed by atoms with E-state index in [0.717, 1.165) is 16.5 Å². The van der Waals surface area contributed by atoms with Crippen molar-refractivity contribution in [1.82, 2.24) is 4.98 Å². The monoisotopic (exact) mass is 347 g/mol. The Morgan fingerprint density at radius 2 is 2.10 bits per heavy atom. The lowest BCUT2D eigenvalue weighted by Gasteiger charge is -2.16. The Labute approximate surface area is 132 Å². The minimum absolute atomic E-state index is 0.000163. The standard InChI is InChI=1S/C16H18BrN3O/c1-2-11(9-12-5-3-4-6-14(12)17)16(21)20-13-7-8-15(18)19-10-13/h3-8,10-11H,2,9H2,1H3,(H2,18,19)(H,20,21). The minimum Gasteiger partial charge on any atom is -0.384 e. The summed E-state index contributed by atoms with van der Waals surface area (Å²) in [5.74, 6) is 0.356. The van der Waals surface area contributed by atoms with Gasteiger partial charge in [-0.25, -0.2) is 4.98 Å². The van der Waals surface area contributed by atoms with Gasteiger partial charge in [0.2, 0.25) is 5.91 Å². The summed E-state index contributed by atoms with van der Waals surface area (Å²) in [4.78, 5) is 16.3. The molecule has 5 heteroatoms. The molecule has 21 heavy (non-hydrogen) atoms. The van der Waals surface area contributed by atoms with Crippen molar-refractivity contribution >= 4 is 33.3 Å². The average Bonchev–Trinajstić information content (AvgIpc) is 2.48. The molecule has 0 saturated heterocycles. The Hall–Kier alpha value is -1.88. The highest BCUT2D eigenvalue weighted by Crippen LogP contribution is 2.22. The molecule has 0 aliphatic rings. The number of nitrogens with zero attached hydrogens (tertiary/aromatic N) is 1. The Morgan fingerprint density at radius 1 is 1.33 bits per heavy atom. The molecular formula is C16H18BrN3O. The molecule has 2 aromatic rings. The van der Waals surface area contributed by atoms with Crippen LogP contribution < -0.4 is 11.1 Å². The lowest BCUT2D eigenvalue weighted by molar-refractivity contribution is -0.119. The molecule has 0 radical (unpaired) electrons.